The third kappa shape index (κ3) is 4.13. The number of hydrogen-bond acceptors (Lipinski definition) is 5. The molecule has 1 fully saturated rings. The molecule has 4 rings (SSSR count). The Bertz CT molecular complexity index is 1060. The number of aromatic nitrogens is 3. The third-order valence-electron chi connectivity index (χ3n) is 4.74. The SMILES string of the molecule is CSc1cccc(N2C[C@H](C(=O)Nc3cc(Cl)ccc3-n3cncn3)CC2=O)c1. The van der Waals surface area contributed by atoms with E-state index >= 15 is 0 Å². The lowest BCUT2D eigenvalue weighted by molar-refractivity contribution is -0.122. The minimum Gasteiger partial charge on any atom is -0.324 e. The average Bonchev–Trinajstić information content (AvgIpc) is 3.38. The number of halogens is 1. The number of nitrogens with one attached hydrogen (secondary N) is 1. The van der Waals surface area contributed by atoms with Gasteiger partial charge in [0, 0.05) is 28.6 Å². The first-order valence-electron chi connectivity index (χ1n) is 8.95. The van der Waals surface area contributed by atoms with E-state index in [1.165, 1.54) is 6.33 Å². The van der Waals surface area contributed by atoms with Crippen LogP contribution in [0.3, 0.4) is 0 Å². The zero-order chi connectivity index (χ0) is 20.4. The van der Waals surface area contributed by atoms with Crippen molar-refractivity contribution in [2.24, 2.45) is 5.92 Å². The van der Waals surface area contributed by atoms with Gasteiger partial charge in [-0.25, -0.2) is 9.67 Å². The van der Waals surface area contributed by atoms with Crippen LogP contribution in [-0.4, -0.2) is 39.4 Å². The van der Waals surface area contributed by atoms with E-state index in [0.717, 1.165) is 10.6 Å². The van der Waals surface area contributed by atoms with Gasteiger partial charge in [-0.15, -0.1) is 11.8 Å². The fourth-order valence-electron chi connectivity index (χ4n) is 3.29. The van der Waals surface area contributed by atoms with Crippen LogP contribution in [0.15, 0.2) is 60.0 Å². The summed E-state index contributed by atoms with van der Waals surface area (Å²) in [7, 11) is 0. The van der Waals surface area contributed by atoms with Crippen molar-refractivity contribution in [3.63, 3.8) is 0 Å². The quantitative estimate of drug-likeness (QED) is 0.629. The van der Waals surface area contributed by atoms with Crippen LogP contribution in [0, 0.1) is 5.92 Å². The Morgan fingerprint density at radius 1 is 1.28 bits per heavy atom. The minimum atomic E-state index is -0.456. The lowest BCUT2D eigenvalue weighted by Crippen LogP contribution is -2.28. The Kier molecular flexibility index (Phi) is 5.55. The predicted molar refractivity (Wildman–Crippen MR) is 114 cm³/mol. The van der Waals surface area contributed by atoms with Crippen LogP contribution in [0.25, 0.3) is 5.69 Å². The van der Waals surface area contributed by atoms with Crippen molar-refractivity contribution < 1.29 is 9.59 Å². The molecule has 0 unspecified atom stereocenters. The average molecular weight is 428 g/mol. The van der Waals surface area contributed by atoms with E-state index in [1.807, 2.05) is 30.5 Å². The first-order chi connectivity index (χ1) is 14.0. The van der Waals surface area contributed by atoms with Gasteiger partial charge in [-0.2, -0.15) is 5.10 Å². The van der Waals surface area contributed by atoms with Crippen LogP contribution >= 0.6 is 23.4 Å². The molecule has 9 heteroatoms. The summed E-state index contributed by atoms with van der Waals surface area (Å²) in [6.45, 7) is 0.335. The largest absolute Gasteiger partial charge is 0.324 e. The van der Waals surface area contributed by atoms with Crippen molar-refractivity contribution in [3.05, 3.63) is 60.1 Å². The molecule has 1 N–H and O–H groups in total. The summed E-state index contributed by atoms with van der Waals surface area (Å²) >= 11 is 7.73. The Morgan fingerprint density at radius 3 is 2.90 bits per heavy atom. The standard InChI is InChI=1S/C20H18ClN5O2S/c1-29-16-4-2-3-15(9-16)25-10-13(7-19(25)27)20(28)24-17-8-14(21)5-6-18(17)26-12-22-11-23-26/h2-6,8-9,11-13H,7,10H2,1H3,(H,24,28)/t13-/m1/s1. The summed E-state index contributed by atoms with van der Waals surface area (Å²) < 4.78 is 1.55. The highest BCUT2D eigenvalue weighted by atomic mass is 35.5. The lowest BCUT2D eigenvalue weighted by Gasteiger charge is -2.18. The Labute approximate surface area is 177 Å². The van der Waals surface area contributed by atoms with Crippen molar-refractivity contribution in [2.45, 2.75) is 11.3 Å². The monoisotopic (exact) mass is 427 g/mol. The summed E-state index contributed by atoms with van der Waals surface area (Å²) in [5.74, 6) is -0.750. The molecular weight excluding hydrogens is 410 g/mol. The van der Waals surface area contributed by atoms with Crippen LogP contribution in [0.4, 0.5) is 11.4 Å². The van der Waals surface area contributed by atoms with Crippen molar-refractivity contribution in [3.8, 4) is 5.69 Å². The van der Waals surface area contributed by atoms with E-state index < -0.39 is 5.92 Å². The molecule has 7 nitrogen and oxygen atoms in total. The van der Waals surface area contributed by atoms with Crippen molar-refractivity contribution in [1.29, 1.82) is 0 Å². The summed E-state index contributed by atoms with van der Waals surface area (Å²) in [5, 5.41) is 7.50. The highest BCUT2D eigenvalue weighted by Crippen LogP contribution is 2.30. The number of rotatable bonds is 5. The molecule has 1 atom stereocenters. The van der Waals surface area contributed by atoms with E-state index in [2.05, 4.69) is 15.4 Å². The summed E-state index contributed by atoms with van der Waals surface area (Å²) in [6, 6.07) is 12.9. The fraction of sp³-hybridized carbons (Fsp3) is 0.200. The van der Waals surface area contributed by atoms with Gasteiger partial charge in [-0.1, -0.05) is 17.7 Å². The summed E-state index contributed by atoms with van der Waals surface area (Å²) in [5.41, 5.74) is 1.97. The third-order valence-corrected chi connectivity index (χ3v) is 5.70. The Hall–Kier alpha value is -2.84. The van der Waals surface area contributed by atoms with Crippen LogP contribution in [0.5, 0.6) is 0 Å². The molecule has 3 aromatic rings. The van der Waals surface area contributed by atoms with E-state index in [-0.39, 0.29) is 18.2 Å². The van der Waals surface area contributed by atoms with E-state index in [9.17, 15) is 9.59 Å². The van der Waals surface area contributed by atoms with Crippen molar-refractivity contribution in [1.82, 2.24) is 14.8 Å². The van der Waals surface area contributed by atoms with Gasteiger partial charge >= 0.3 is 0 Å². The summed E-state index contributed by atoms with van der Waals surface area (Å²) in [6.07, 6.45) is 5.10. The van der Waals surface area contributed by atoms with Crippen molar-refractivity contribution in [2.75, 3.05) is 23.0 Å². The fourth-order valence-corrected chi connectivity index (χ4v) is 3.91. The van der Waals surface area contributed by atoms with Crippen molar-refractivity contribution >= 4 is 46.6 Å². The van der Waals surface area contributed by atoms with Crippen LogP contribution < -0.4 is 10.2 Å². The molecule has 2 heterocycles. The van der Waals surface area contributed by atoms with Crippen LogP contribution in [-0.2, 0) is 9.59 Å². The second-order valence-electron chi connectivity index (χ2n) is 6.60. The summed E-state index contributed by atoms with van der Waals surface area (Å²) in [4.78, 5) is 32.1. The maximum atomic E-state index is 12.9. The molecule has 0 bridgehead atoms. The van der Waals surface area contributed by atoms with Gasteiger partial charge in [0.15, 0.2) is 0 Å². The van der Waals surface area contributed by atoms with Crippen LogP contribution in [0.1, 0.15) is 6.42 Å². The number of nitrogens with zero attached hydrogens (tertiary/aromatic N) is 4. The molecule has 2 amide bonds. The molecule has 1 aliphatic rings. The highest BCUT2D eigenvalue weighted by molar-refractivity contribution is 7.98. The number of benzene rings is 2. The van der Waals surface area contributed by atoms with Gasteiger partial charge < -0.3 is 10.2 Å². The van der Waals surface area contributed by atoms with Gasteiger partial charge in [0.25, 0.3) is 0 Å². The first kappa shape index (κ1) is 19.5. The molecule has 0 spiro atoms. The first-order valence-corrected chi connectivity index (χ1v) is 10.6. The van der Waals surface area contributed by atoms with Gasteiger partial charge in [0.1, 0.15) is 12.7 Å². The Balaban J connectivity index is 1.53. The van der Waals surface area contributed by atoms with Gasteiger partial charge in [0.2, 0.25) is 11.8 Å². The lowest BCUT2D eigenvalue weighted by atomic mass is 10.1. The zero-order valence-corrected chi connectivity index (χ0v) is 17.2. The Morgan fingerprint density at radius 2 is 2.14 bits per heavy atom. The zero-order valence-electron chi connectivity index (χ0n) is 15.6. The molecule has 29 heavy (non-hydrogen) atoms. The number of thioether (sulfide) groups is 1. The molecule has 2 aromatic carbocycles. The molecule has 0 aliphatic carbocycles. The number of carbonyl (C=O) groups excluding carboxylic acids is 2. The van der Waals surface area contributed by atoms with Gasteiger partial charge in [-0.3, -0.25) is 9.59 Å². The number of anilines is 2. The molecule has 0 saturated carbocycles. The molecule has 1 saturated heterocycles. The molecule has 0 radical (unpaired) electrons. The molecular formula is C20H18ClN5O2S. The van der Waals surface area contributed by atoms with E-state index in [4.69, 9.17) is 11.6 Å². The molecule has 1 aliphatic heterocycles. The maximum Gasteiger partial charge on any atom is 0.229 e. The number of amides is 2. The molecule has 148 valence electrons. The second kappa shape index (κ2) is 8.26. The van der Waals surface area contributed by atoms with E-state index in [0.29, 0.717) is 22.9 Å². The van der Waals surface area contributed by atoms with E-state index in [1.54, 1.807) is 45.9 Å². The number of carbonyl (C=O) groups is 2. The predicted octanol–water partition coefficient (Wildman–Crippen LogP) is 3.63. The maximum absolute atomic E-state index is 12.9. The minimum absolute atomic E-state index is 0.0639. The topological polar surface area (TPSA) is 80.1 Å². The normalized spacial score (nSPS) is 16.3. The molecule has 1 aromatic heterocycles. The second-order valence-corrected chi connectivity index (χ2v) is 7.91. The van der Waals surface area contributed by atoms with Crippen LogP contribution in [0.2, 0.25) is 5.02 Å². The van der Waals surface area contributed by atoms with Gasteiger partial charge in [0.05, 0.1) is 17.3 Å². The smallest absolute Gasteiger partial charge is 0.229 e. The highest BCUT2D eigenvalue weighted by Gasteiger charge is 2.35. The van der Waals surface area contributed by atoms with Gasteiger partial charge in [-0.05, 0) is 42.7 Å². The number of hydrogen-bond donors (Lipinski definition) is 1.